The molecule has 0 unspecified atom stereocenters. The van der Waals surface area contributed by atoms with Crippen molar-refractivity contribution in [3.63, 3.8) is 0 Å². The number of hydrogen-bond acceptors (Lipinski definition) is 3. The van der Waals surface area contributed by atoms with Crippen molar-refractivity contribution in [3.05, 3.63) is 76.3 Å². The lowest BCUT2D eigenvalue weighted by Crippen LogP contribution is -2.40. The number of anilines is 1. The number of halogens is 2. The van der Waals surface area contributed by atoms with Crippen molar-refractivity contribution in [1.82, 2.24) is 5.32 Å². The Morgan fingerprint density at radius 3 is 2.43 bits per heavy atom. The topological polar surface area (TPSA) is 66.5 Å². The van der Waals surface area contributed by atoms with Crippen LogP contribution in [-0.2, 0) is 21.4 Å². The predicted molar refractivity (Wildman–Crippen MR) is 114 cm³/mol. The van der Waals surface area contributed by atoms with Gasteiger partial charge in [0.15, 0.2) is 0 Å². The molecule has 0 aromatic heterocycles. The third-order valence-electron chi connectivity index (χ3n) is 4.24. The largest absolute Gasteiger partial charge is 0.350 e. The van der Waals surface area contributed by atoms with Crippen LogP contribution in [0.15, 0.2) is 60.7 Å². The van der Waals surface area contributed by atoms with Crippen LogP contribution in [0, 0.1) is 0 Å². The average molecular weight is 437 g/mol. The molecule has 0 aliphatic rings. The minimum absolute atomic E-state index is 0.0800. The van der Waals surface area contributed by atoms with Crippen LogP contribution in [-0.4, -0.2) is 27.1 Å². The van der Waals surface area contributed by atoms with Crippen LogP contribution in [0.2, 0.25) is 10.0 Å². The second kappa shape index (κ2) is 8.39. The fourth-order valence-electron chi connectivity index (χ4n) is 2.89. The Morgan fingerprint density at radius 2 is 1.68 bits per heavy atom. The van der Waals surface area contributed by atoms with Crippen LogP contribution < -0.4 is 9.62 Å². The first kappa shape index (κ1) is 20.5. The Bertz CT molecular complexity index is 1130. The minimum atomic E-state index is -3.74. The second-order valence-electron chi connectivity index (χ2n) is 6.26. The summed E-state index contributed by atoms with van der Waals surface area (Å²) in [5.41, 5.74) is 1.11. The molecule has 1 N–H and O–H groups in total. The highest BCUT2D eigenvalue weighted by Gasteiger charge is 2.23. The van der Waals surface area contributed by atoms with Crippen molar-refractivity contribution < 1.29 is 13.2 Å². The van der Waals surface area contributed by atoms with Crippen molar-refractivity contribution >= 4 is 55.6 Å². The van der Waals surface area contributed by atoms with Crippen molar-refractivity contribution in [1.29, 1.82) is 0 Å². The summed E-state index contributed by atoms with van der Waals surface area (Å²) < 4.78 is 25.4. The zero-order valence-corrected chi connectivity index (χ0v) is 17.4. The summed E-state index contributed by atoms with van der Waals surface area (Å²) in [5, 5.41) is 5.17. The fraction of sp³-hybridized carbons (Fsp3) is 0.150. The lowest BCUT2D eigenvalue weighted by molar-refractivity contribution is -0.119. The molecule has 0 fully saturated rings. The first-order valence-corrected chi connectivity index (χ1v) is 11.0. The molecule has 0 heterocycles. The van der Waals surface area contributed by atoms with E-state index in [1.165, 1.54) is 6.07 Å². The van der Waals surface area contributed by atoms with E-state index in [2.05, 4.69) is 5.32 Å². The van der Waals surface area contributed by atoms with E-state index in [-0.39, 0.29) is 22.3 Å². The molecule has 5 nitrogen and oxygen atoms in total. The highest BCUT2D eigenvalue weighted by Crippen LogP contribution is 2.33. The summed E-state index contributed by atoms with van der Waals surface area (Å²) in [6.07, 6.45) is 1.02. The van der Waals surface area contributed by atoms with Gasteiger partial charge in [0, 0.05) is 6.54 Å². The van der Waals surface area contributed by atoms with Crippen molar-refractivity contribution in [2.75, 3.05) is 17.1 Å². The molecule has 0 atom stereocenters. The van der Waals surface area contributed by atoms with E-state index < -0.39 is 22.5 Å². The van der Waals surface area contributed by atoms with Crippen LogP contribution in [0.25, 0.3) is 10.8 Å². The second-order valence-corrected chi connectivity index (χ2v) is 8.95. The van der Waals surface area contributed by atoms with Gasteiger partial charge in [-0.05, 0) is 28.5 Å². The van der Waals surface area contributed by atoms with Crippen LogP contribution in [0.5, 0.6) is 0 Å². The summed E-state index contributed by atoms with van der Waals surface area (Å²) in [5.74, 6) is -0.450. The Hall–Kier alpha value is -2.28. The molecular formula is C20H18Cl2N2O3S. The number of nitrogens with one attached hydrogen (secondary N) is 1. The van der Waals surface area contributed by atoms with Gasteiger partial charge in [0.05, 0.1) is 22.0 Å². The summed E-state index contributed by atoms with van der Waals surface area (Å²) in [4.78, 5) is 12.5. The third kappa shape index (κ3) is 4.58. The van der Waals surface area contributed by atoms with E-state index in [9.17, 15) is 13.2 Å². The molecule has 146 valence electrons. The van der Waals surface area contributed by atoms with E-state index in [1.807, 2.05) is 42.5 Å². The van der Waals surface area contributed by atoms with E-state index >= 15 is 0 Å². The number of fused-ring (bicyclic) bond motifs is 1. The van der Waals surface area contributed by atoms with Gasteiger partial charge >= 0.3 is 0 Å². The molecule has 0 saturated carbocycles. The summed E-state index contributed by atoms with van der Waals surface area (Å²) in [6.45, 7) is -0.120. The molecule has 0 aliphatic heterocycles. The van der Waals surface area contributed by atoms with Gasteiger partial charge in [-0.25, -0.2) is 8.42 Å². The normalized spacial score (nSPS) is 11.4. The summed E-state index contributed by atoms with van der Waals surface area (Å²) in [7, 11) is -3.74. The number of nitrogens with zero attached hydrogens (tertiary/aromatic N) is 1. The maximum atomic E-state index is 12.5. The standard InChI is InChI=1S/C20H18Cl2N2O3S/c1-28(26,27)24(18-11-5-10-17(21)20(18)22)13-19(25)23-12-15-8-4-7-14-6-2-3-9-16(14)15/h2-11H,12-13H2,1H3,(H,23,25). The van der Waals surface area contributed by atoms with Crippen molar-refractivity contribution in [2.24, 2.45) is 0 Å². The van der Waals surface area contributed by atoms with Gasteiger partial charge < -0.3 is 5.32 Å². The molecular weight excluding hydrogens is 419 g/mol. The molecule has 0 spiro atoms. The van der Waals surface area contributed by atoms with Crippen molar-refractivity contribution in [2.45, 2.75) is 6.54 Å². The highest BCUT2D eigenvalue weighted by molar-refractivity contribution is 7.92. The molecule has 0 saturated heterocycles. The first-order valence-electron chi connectivity index (χ1n) is 8.42. The molecule has 3 aromatic carbocycles. The third-order valence-corrected chi connectivity index (χ3v) is 6.18. The Morgan fingerprint density at radius 1 is 1.00 bits per heavy atom. The maximum Gasteiger partial charge on any atom is 0.241 e. The van der Waals surface area contributed by atoms with Crippen molar-refractivity contribution in [3.8, 4) is 0 Å². The quantitative estimate of drug-likeness (QED) is 0.628. The number of rotatable bonds is 6. The van der Waals surface area contributed by atoms with E-state index in [0.29, 0.717) is 0 Å². The average Bonchev–Trinajstić information content (AvgIpc) is 2.66. The zero-order chi connectivity index (χ0) is 20.3. The molecule has 1 amide bonds. The summed E-state index contributed by atoms with van der Waals surface area (Å²) >= 11 is 12.1. The number of carbonyl (C=O) groups is 1. The number of carbonyl (C=O) groups excluding carboxylic acids is 1. The smallest absolute Gasteiger partial charge is 0.241 e. The van der Waals surface area contributed by atoms with Gasteiger partial charge in [-0.15, -0.1) is 0 Å². The summed E-state index contributed by atoms with van der Waals surface area (Å²) in [6, 6.07) is 18.3. The SMILES string of the molecule is CS(=O)(=O)N(CC(=O)NCc1cccc2ccccc12)c1cccc(Cl)c1Cl. The maximum absolute atomic E-state index is 12.5. The number of benzene rings is 3. The Kier molecular flexibility index (Phi) is 6.13. The van der Waals surface area contributed by atoms with Gasteiger partial charge in [-0.1, -0.05) is 71.7 Å². The van der Waals surface area contributed by atoms with Crippen LogP contribution in [0.3, 0.4) is 0 Å². The molecule has 28 heavy (non-hydrogen) atoms. The van der Waals surface area contributed by atoms with Crippen LogP contribution in [0.4, 0.5) is 5.69 Å². The molecule has 0 bridgehead atoms. The monoisotopic (exact) mass is 436 g/mol. The number of sulfonamides is 1. The van der Waals surface area contributed by atoms with E-state index in [0.717, 1.165) is 26.9 Å². The molecule has 3 rings (SSSR count). The number of amides is 1. The molecule has 3 aromatic rings. The zero-order valence-electron chi connectivity index (χ0n) is 15.0. The minimum Gasteiger partial charge on any atom is -0.350 e. The van der Waals surface area contributed by atoms with Gasteiger partial charge in [0.2, 0.25) is 15.9 Å². The molecule has 0 radical (unpaired) electrons. The molecule has 8 heteroatoms. The lowest BCUT2D eigenvalue weighted by atomic mass is 10.0. The number of hydrogen-bond donors (Lipinski definition) is 1. The van der Waals surface area contributed by atoms with Gasteiger partial charge in [0.25, 0.3) is 0 Å². The Labute approximate surface area is 173 Å². The molecule has 0 aliphatic carbocycles. The van der Waals surface area contributed by atoms with Crippen LogP contribution in [0.1, 0.15) is 5.56 Å². The predicted octanol–water partition coefficient (Wildman–Crippen LogP) is 4.23. The first-order chi connectivity index (χ1) is 13.3. The Balaban J connectivity index is 1.79. The van der Waals surface area contributed by atoms with Gasteiger partial charge in [-0.3, -0.25) is 9.10 Å². The lowest BCUT2D eigenvalue weighted by Gasteiger charge is -2.23. The van der Waals surface area contributed by atoms with E-state index in [4.69, 9.17) is 23.2 Å². The van der Waals surface area contributed by atoms with Gasteiger partial charge in [0.1, 0.15) is 6.54 Å². The highest BCUT2D eigenvalue weighted by atomic mass is 35.5. The van der Waals surface area contributed by atoms with E-state index in [1.54, 1.807) is 12.1 Å². The fourth-order valence-corrected chi connectivity index (χ4v) is 4.20. The van der Waals surface area contributed by atoms with Gasteiger partial charge in [-0.2, -0.15) is 0 Å². The van der Waals surface area contributed by atoms with Crippen LogP contribution >= 0.6 is 23.2 Å².